The fourth-order valence-electron chi connectivity index (χ4n) is 2.92. The molecule has 1 fully saturated rings. The average Bonchev–Trinajstić information content (AvgIpc) is 2.67. The summed E-state index contributed by atoms with van der Waals surface area (Å²) in [6, 6.07) is 8.70. The first-order chi connectivity index (χ1) is 13.9. The fourth-order valence-corrected chi connectivity index (χ4v) is 3.96. The van der Waals surface area contributed by atoms with Crippen LogP contribution in [0.15, 0.2) is 30.3 Å². The van der Waals surface area contributed by atoms with Gasteiger partial charge in [0.15, 0.2) is 20.7 Å². The summed E-state index contributed by atoms with van der Waals surface area (Å²) >= 11 is 0. The van der Waals surface area contributed by atoms with Crippen LogP contribution in [0.1, 0.15) is 44.5 Å². The molecule has 1 aromatic rings. The smallest absolute Gasteiger partial charge is 0.338 e. The summed E-state index contributed by atoms with van der Waals surface area (Å²) in [4.78, 5) is 24.3. The summed E-state index contributed by atoms with van der Waals surface area (Å²) in [5.41, 5.74) is 0.425. The molecule has 1 aliphatic rings. The number of hydrogen-bond acceptors (Lipinski definition) is 7. The molecule has 1 aromatic carbocycles. The molecule has 0 aromatic heterocycles. The van der Waals surface area contributed by atoms with Crippen molar-refractivity contribution < 1.29 is 33.0 Å². The van der Waals surface area contributed by atoms with Crippen molar-refractivity contribution in [1.82, 2.24) is 0 Å². The van der Waals surface area contributed by atoms with Crippen LogP contribution in [0.25, 0.3) is 0 Å². The first kappa shape index (κ1) is 24.5. The first-order valence-electron chi connectivity index (χ1n) is 10.2. The maximum Gasteiger partial charge on any atom is 0.338 e. The largest absolute Gasteiger partial charge is 0.455 e. The van der Waals surface area contributed by atoms with E-state index in [0.29, 0.717) is 18.6 Å². The SMILES string of the molecule is CO[C@@H]1O[C@H](CO[Si](C)(C)C(C)(C)C)C[C@H](OC(=O)c2ccccc2)[C@H]1OC(C)=O. The summed E-state index contributed by atoms with van der Waals surface area (Å²) in [5.74, 6) is -0.985. The van der Waals surface area contributed by atoms with Gasteiger partial charge in [-0.15, -0.1) is 0 Å². The maximum absolute atomic E-state index is 12.6. The van der Waals surface area contributed by atoms with Gasteiger partial charge in [-0.1, -0.05) is 39.0 Å². The molecular formula is C22H34O7Si. The molecule has 7 nitrogen and oxygen atoms in total. The highest BCUT2D eigenvalue weighted by molar-refractivity contribution is 6.74. The molecule has 8 heteroatoms. The molecule has 1 saturated heterocycles. The van der Waals surface area contributed by atoms with Crippen molar-refractivity contribution in [3.05, 3.63) is 35.9 Å². The van der Waals surface area contributed by atoms with Crippen LogP contribution in [0.5, 0.6) is 0 Å². The Morgan fingerprint density at radius 1 is 1.13 bits per heavy atom. The van der Waals surface area contributed by atoms with Crippen molar-refractivity contribution >= 4 is 20.3 Å². The van der Waals surface area contributed by atoms with Gasteiger partial charge in [0, 0.05) is 20.5 Å². The van der Waals surface area contributed by atoms with Crippen molar-refractivity contribution in [1.29, 1.82) is 0 Å². The van der Waals surface area contributed by atoms with Gasteiger partial charge in [-0.3, -0.25) is 4.79 Å². The molecule has 0 amide bonds. The first-order valence-corrected chi connectivity index (χ1v) is 13.1. The van der Waals surface area contributed by atoms with Crippen LogP contribution in [-0.2, 0) is 28.2 Å². The lowest BCUT2D eigenvalue weighted by Gasteiger charge is -2.42. The lowest BCUT2D eigenvalue weighted by atomic mass is 10.0. The van der Waals surface area contributed by atoms with Crippen LogP contribution < -0.4 is 0 Å². The van der Waals surface area contributed by atoms with Crippen molar-refractivity contribution in [3.63, 3.8) is 0 Å². The number of methoxy groups -OCH3 is 1. The Morgan fingerprint density at radius 3 is 2.30 bits per heavy atom. The van der Waals surface area contributed by atoms with Gasteiger partial charge in [-0.25, -0.2) is 4.79 Å². The van der Waals surface area contributed by atoms with Crippen LogP contribution in [0.2, 0.25) is 18.1 Å². The van der Waals surface area contributed by atoms with Gasteiger partial charge >= 0.3 is 11.9 Å². The third kappa shape index (κ3) is 6.38. The van der Waals surface area contributed by atoms with Gasteiger partial charge in [0.2, 0.25) is 0 Å². The van der Waals surface area contributed by atoms with Crippen LogP contribution in [0.3, 0.4) is 0 Å². The minimum absolute atomic E-state index is 0.0573. The quantitative estimate of drug-likeness (QED) is 0.471. The van der Waals surface area contributed by atoms with Crippen molar-refractivity contribution in [2.24, 2.45) is 0 Å². The Morgan fingerprint density at radius 2 is 1.77 bits per heavy atom. The zero-order chi connectivity index (χ0) is 22.5. The van der Waals surface area contributed by atoms with E-state index in [2.05, 4.69) is 33.9 Å². The number of rotatable bonds is 7. The Kier molecular flexibility index (Phi) is 8.21. The van der Waals surface area contributed by atoms with Crippen molar-refractivity contribution in [2.45, 2.75) is 76.8 Å². The topological polar surface area (TPSA) is 80.3 Å². The third-order valence-corrected chi connectivity index (χ3v) is 10.2. The number of carbonyl (C=O) groups is 2. The second-order valence-electron chi connectivity index (χ2n) is 9.05. The van der Waals surface area contributed by atoms with Gasteiger partial charge in [0.05, 0.1) is 18.3 Å². The zero-order valence-electron chi connectivity index (χ0n) is 19.0. The highest BCUT2D eigenvalue weighted by Crippen LogP contribution is 2.37. The predicted molar refractivity (Wildman–Crippen MR) is 115 cm³/mol. The van der Waals surface area contributed by atoms with E-state index in [9.17, 15) is 9.59 Å². The van der Waals surface area contributed by atoms with Gasteiger partial charge in [-0.2, -0.15) is 0 Å². The minimum atomic E-state index is -1.98. The van der Waals surface area contributed by atoms with E-state index < -0.39 is 38.8 Å². The normalized spacial score (nSPS) is 24.9. The monoisotopic (exact) mass is 438 g/mol. The van der Waals surface area contributed by atoms with E-state index in [0.717, 1.165) is 0 Å². The summed E-state index contributed by atoms with van der Waals surface area (Å²) in [7, 11) is -0.518. The van der Waals surface area contributed by atoms with E-state index >= 15 is 0 Å². The predicted octanol–water partition coefficient (Wildman–Crippen LogP) is 3.93. The summed E-state index contributed by atoms with van der Waals surface area (Å²) in [5, 5.41) is 0.0573. The van der Waals surface area contributed by atoms with Crippen LogP contribution in [-0.4, -0.2) is 58.6 Å². The van der Waals surface area contributed by atoms with E-state index in [-0.39, 0.29) is 11.1 Å². The molecule has 1 aliphatic heterocycles. The molecule has 0 saturated carbocycles. The van der Waals surface area contributed by atoms with Gasteiger partial charge in [-0.05, 0) is 30.3 Å². The molecule has 2 rings (SSSR count). The Hall–Kier alpha value is -1.74. The third-order valence-electron chi connectivity index (χ3n) is 5.69. The Labute approximate surface area is 180 Å². The summed E-state index contributed by atoms with van der Waals surface area (Å²) in [6.07, 6.45) is -2.45. The Bertz CT molecular complexity index is 714. The molecule has 0 aliphatic carbocycles. The highest BCUT2D eigenvalue weighted by atomic mass is 28.4. The van der Waals surface area contributed by atoms with Gasteiger partial charge < -0.3 is 23.4 Å². The molecule has 0 unspecified atom stereocenters. The molecule has 0 spiro atoms. The van der Waals surface area contributed by atoms with Crippen LogP contribution in [0.4, 0.5) is 0 Å². The zero-order valence-corrected chi connectivity index (χ0v) is 20.0. The number of esters is 2. The summed E-state index contributed by atoms with van der Waals surface area (Å²) in [6.45, 7) is 12.5. The fraction of sp³-hybridized carbons (Fsp3) is 0.636. The second kappa shape index (κ2) is 10.0. The van der Waals surface area contributed by atoms with Crippen molar-refractivity contribution in [2.75, 3.05) is 13.7 Å². The van der Waals surface area contributed by atoms with Crippen molar-refractivity contribution in [3.8, 4) is 0 Å². The summed E-state index contributed by atoms with van der Waals surface area (Å²) < 4.78 is 28.8. The molecule has 1 heterocycles. The number of hydrogen-bond donors (Lipinski definition) is 0. The number of benzene rings is 1. The number of carbonyl (C=O) groups excluding carboxylic acids is 2. The molecule has 30 heavy (non-hydrogen) atoms. The van der Waals surface area contributed by atoms with Gasteiger partial charge in [0.1, 0.15) is 6.10 Å². The number of ether oxygens (including phenoxy) is 4. The van der Waals surface area contributed by atoms with Crippen LogP contribution >= 0.6 is 0 Å². The molecular weight excluding hydrogens is 404 g/mol. The maximum atomic E-state index is 12.6. The average molecular weight is 439 g/mol. The minimum Gasteiger partial charge on any atom is -0.455 e. The van der Waals surface area contributed by atoms with E-state index in [4.69, 9.17) is 23.4 Å². The van der Waals surface area contributed by atoms with E-state index in [1.807, 2.05) is 6.07 Å². The molecule has 0 N–H and O–H groups in total. The van der Waals surface area contributed by atoms with E-state index in [1.54, 1.807) is 24.3 Å². The second-order valence-corrected chi connectivity index (χ2v) is 13.9. The Balaban J connectivity index is 2.16. The molecule has 168 valence electrons. The lowest BCUT2D eigenvalue weighted by Crippen LogP contribution is -2.54. The lowest BCUT2D eigenvalue weighted by molar-refractivity contribution is -0.267. The molecule has 4 atom stereocenters. The van der Waals surface area contributed by atoms with E-state index in [1.165, 1.54) is 14.0 Å². The highest BCUT2D eigenvalue weighted by Gasteiger charge is 2.45. The van der Waals surface area contributed by atoms with Crippen LogP contribution in [0, 0.1) is 0 Å². The van der Waals surface area contributed by atoms with Gasteiger partial charge in [0.25, 0.3) is 0 Å². The standard InChI is InChI=1S/C22H34O7Si/c1-15(23)27-19-18(29-20(24)16-11-9-8-10-12-16)13-17(28-21(19)25-5)14-26-30(6,7)22(2,3)4/h8-12,17-19,21H,13-14H2,1-7H3/t17-,18-,19+,21+/m0/s1. The molecule has 0 radical (unpaired) electrons. The molecule has 0 bridgehead atoms.